The molecule has 2 nitrogen and oxygen atoms in total. The molecular formula is C17H21F3O2. The van der Waals surface area contributed by atoms with Crippen molar-refractivity contribution in [3.63, 3.8) is 0 Å². The highest BCUT2D eigenvalue weighted by Gasteiger charge is 2.30. The SMILES string of the molecule is CC1CCCC1/C=C/[C@@H](O)COc1cccc(C(F)(F)F)c1. The van der Waals surface area contributed by atoms with Gasteiger partial charge in [0.1, 0.15) is 18.5 Å². The first-order valence-corrected chi connectivity index (χ1v) is 7.52. The maximum absolute atomic E-state index is 12.6. The predicted octanol–water partition coefficient (Wildman–Crippen LogP) is 4.44. The first kappa shape index (κ1) is 16.9. The van der Waals surface area contributed by atoms with Gasteiger partial charge in [-0.25, -0.2) is 0 Å². The maximum atomic E-state index is 12.6. The average molecular weight is 314 g/mol. The van der Waals surface area contributed by atoms with Crippen LogP contribution >= 0.6 is 0 Å². The third-order valence-electron chi connectivity index (χ3n) is 4.09. The molecule has 2 unspecified atom stereocenters. The number of allylic oxidation sites excluding steroid dienone is 1. The summed E-state index contributed by atoms with van der Waals surface area (Å²) in [7, 11) is 0. The fourth-order valence-electron chi connectivity index (χ4n) is 2.73. The summed E-state index contributed by atoms with van der Waals surface area (Å²) in [4.78, 5) is 0. The van der Waals surface area contributed by atoms with Gasteiger partial charge in [-0.05, 0) is 36.5 Å². The van der Waals surface area contributed by atoms with Gasteiger partial charge < -0.3 is 9.84 Å². The van der Waals surface area contributed by atoms with Crippen LogP contribution in [0.4, 0.5) is 13.2 Å². The second-order valence-corrected chi connectivity index (χ2v) is 5.86. The van der Waals surface area contributed by atoms with Crippen LogP contribution in [-0.2, 0) is 6.18 Å². The second kappa shape index (κ2) is 7.18. The van der Waals surface area contributed by atoms with Gasteiger partial charge in [0.15, 0.2) is 0 Å². The number of aliphatic hydroxyl groups is 1. The molecule has 1 aliphatic rings. The van der Waals surface area contributed by atoms with E-state index in [9.17, 15) is 18.3 Å². The van der Waals surface area contributed by atoms with E-state index < -0.39 is 17.8 Å². The van der Waals surface area contributed by atoms with Crippen LogP contribution in [0.1, 0.15) is 31.7 Å². The van der Waals surface area contributed by atoms with Crippen molar-refractivity contribution in [2.24, 2.45) is 11.8 Å². The lowest BCUT2D eigenvalue weighted by atomic mass is 9.97. The quantitative estimate of drug-likeness (QED) is 0.814. The van der Waals surface area contributed by atoms with Crippen LogP contribution < -0.4 is 4.74 Å². The van der Waals surface area contributed by atoms with Gasteiger partial charge in [0.2, 0.25) is 0 Å². The first-order chi connectivity index (χ1) is 10.4. The minimum atomic E-state index is -4.39. The Labute approximate surface area is 128 Å². The smallest absolute Gasteiger partial charge is 0.416 e. The molecule has 0 saturated heterocycles. The topological polar surface area (TPSA) is 29.5 Å². The van der Waals surface area contributed by atoms with Crippen molar-refractivity contribution < 1.29 is 23.0 Å². The van der Waals surface area contributed by atoms with Crippen molar-refractivity contribution in [3.8, 4) is 5.75 Å². The van der Waals surface area contributed by atoms with Crippen LogP contribution in [0.5, 0.6) is 5.75 Å². The molecule has 0 amide bonds. The number of hydrogen-bond donors (Lipinski definition) is 1. The first-order valence-electron chi connectivity index (χ1n) is 7.52. The summed E-state index contributed by atoms with van der Waals surface area (Å²) in [6, 6.07) is 4.67. The molecule has 1 aliphatic carbocycles. The molecule has 5 heteroatoms. The minimum absolute atomic E-state index is 0.0566. The number of ether oxygens (including phenoxy) is 1. The molecule has 1 saturated carbocycles. The van der Waals surface area contributed by atoms with Gasteiger partial charge in [-0.2, -0.15) is 13.2 Å². The Balaban J connectivity index is 1.86. The Bertz CT molecular complexity index is 511. The third kappa shape index (κ3) is 4.77. The predicted molar refractivity (Wildman–Crippen MR) is 78.6 cm³/mol. The van der Waals surface area contributed by atoms with E-state index in [4.69, 9.17) is 4.74 Å². The summed E-state index contributed by atoms with van der Waals surface area (Å²) < 4.78 is 43.0. The molecule has 0 bridgehead atoms. The van der Waals surface area contributed by atoms with Crippen molar-refractivity contribution >= 4 is 0 Å². The Morgan fingerprint density at radius 1 is 1.36 bits per heavy atom. The van der Waals surface area contributed by atoms with Gasteiger partial charge in [0.05, 0.1) is 5.56 Å². The molecule has 0 radical (unpaired) electrons. The zero-order chi connectivity index (χ0) is 16.2. The Morgan fingerprint density at radius 2 is 2.14 bits per heavy atom. The van der Waals surface area contributed by atoms with Crippen LogP contribution in [0, 0.1) is 11.8 Å². The molecule has 1 fully saturated rings. The molecular weight excluding hydrogens is 293 g/mol. The van der Waals surface area contributed by atoms with Crippen LogP contribution in [0.3, 0.4) is 0 Å². The molecule has 1 N–H and O–H groups in total. The van der Waals surface area contributed by atoms with Gasteiger partial charge in [0.25, 0.3) is 0 Å². The molecule has 122 valence electrons. The lowest BCUT2D eigenvalue weighted by molar-refractivity contribution is -0.137. The normalized spacial score (nSPS) is 23.9. The molecule has 1 aromatic rings. The lowest BCUT2D eigenvalue weighted by Crippen LogP contribution is -2.16. The molecule has 0 aliphatic heterocycles. The van der Waals surface area contributed by atoms with Gasteiger partial charge in [-0.1, -0.05) is 38.0 Å². The lowest BCUT2D eigenvalue weighted by Gasteiger charge is -2.13. The highest BCUT2D eigenvalue weighted by atomic mass is 19.4. The Morgan fingerprint density at radius 3 is 2.77 bits per heavy atom. The Hall–Kier alpha value is -1.49. The molecule has 3 atom stereocenters. The highest BCUT2D eigenvalue weighted by molar-refractivity contribution is 5.30. The van der Waals surface area contributed by atoms with E-state index in [0.717, 1.165) is 18.6 Å². The summed E-state index contributed by atoms with van der Waals surface area (Å²) in [6.45, 7) is 2.13. The number of aliphatic hydroxyl groups excluding tert-OH is 1. The molecule has 0 heterocycles. The summed E-state index contributed by atoms with van der Waals surface area (Å²) in [6.07, 6.45) is 1.99. The largest absolute Gasteiger partial charge is 0.491 e. The third-order valence-corrected chi connectivity index (χ3v) is 4.09. The van der Waals surface area contributed by atoms with E-state index >= 15 is 0 Å². The van der Waals surface area contributed by atoms with E-state index in [-0.39, 0.29) is 12.4 Å². The molecule has 22 heavy (non-hydrogen) atoms. The van der Waals surface area contributed by atoms with Gasteiger partial charge >= 0.3 is 6.18 Å². The number of alkyl halides is 3. The zero-order valence-corrected chi connectivity index (χ0v) is 12.5. The summed E-state index contributed by atoms with van der Waals surface area (Å²) in [5, 5.41) is 9.85. The monoisotopic (exact) mass is 314 g/mol. The van der Waals surface area contributed by atoms with Crippen LogP contribution in [-0.4, -0.2) is 17.8 Å². The number of hydrogen-bond acceptors (Lipinski definition) is 2. The fraction of sp³-hybridized carbons (Fsp3) is 0.529. The fourth-order valence-corrected chi connectivity index (χ4v) is 2.73. The molecule has 0 aromatic heterocycles. The standard InChI is InChI=1S/C17H21F3O2/c1-12-4-2-5-13(12)8-9-15(21)11-22-16-7-3-6-14(10-16)17(18,19)20/h3,6-10,12-13,15,21H,2,4-5,11H2,1H3/b9-8+/t12?,13?,15-/m1/s1. The molecule has 2 rings (SSSR count). The van der Waals surface area contributed by atoms with Crippen molar-refractivity contribution in [2.45, 2.75) is 38.5 Å². The number of halogens is 3. The van der Waals surface area contributed by atoms with Crippen molar-refractivity contribution in [1.82, 2.24) is 0 Å². The van der Waals surface area contributed by atoms with Crippen molar-refractivity contribution in [3.05, 3.63) is 42.0 Å². The van der Waals surface area contributed by atoms with Crippen LogP contribution in [0.25, 0.3) is 0 Å². The Kier molecular flexibility index (Phi) is 5.51. The van der Waals surface area contributed by atoms with Crippen LogP contribution in [0.15, 0.2) is 36.4 Å². The average Bonchev–Trinajstić information content (AvgIpc) is 2.88. The molecule has 1 aromatic carbocycles. The van der Waals surface area contributed by atoms with E-state index in [2.05, 4.69) is 6.92 Å². The van der Waals surface area contributed by atoms with Gasteiger partial charge in [-0.3, -0.25) is 0 Å². The minimum Gasteiger partial charge on any atom is -0.491 e. The van der Waals surface area contributed by atoms with E-state index in [0.29, 0.717) is 11.8 Å². The summed E-state index contributed by atoms with van der Waals surface area (Å²) in [5.41, 5.74) is -0.755. The second-order valence-electron chi connectivity index (χ2n) is 5.86. The van der Waals surface area contributed by atoms with E-state index in [1.165, 1.54) is 25.0 Å². The van der Waals surface area contributed by atoms with Gasteiger partial charge in [-0.15, -0.1) is 0 Å². The van der Waals surface area contributed by atoms with E-state index in [1.807, 2.05) is 6.08 Å². The maximum Gasteiger partial charge on any atom is 0.416 e. The highest BCUT2D eigenvalue weighted by Crippen LogP contribution is 2.32. The van der Waals surface area contributed by atoms with E-state index in [1.54, 1.807) is 6.08 Å². The summed E-state index contributed by atoms with van der Waals surface area (Å²) in [5.74, 6) is 1.20. The number of benzene rings is 1. The van der Waals surface area contributed by atoms with Crippen molar-refractivity contribution in [2.75, 3.05) is 6.61 Å². The van der Waals surface area contributed by atoms with Gasteiger partial charge in [0, 0.05) is 0 Å². The molecule has 0 spiro atoms. The van der Waals surface area contributed by atoms with Crippen molar-refractivity contribution in [1.29, 1.82) is 0 Å². The zero-order valence-electron chi connectivity index (χ0n) is 12.5. The van der Waals surface area contributed by atoms with Crippen LogP contribution in [0.2, 0.25) is 0 Å². The summed E-state index contributed by atoms with van der Waals surface area (Å²) >= 11 is 0. The number of rotatable bonds is 5.